The summed E-state index contributed by atoms with van der Waals surface area (Å²) in [7, 11) is 1.68. The Kier molecular flexibility index (Phi) is 2.72. The summed E-state index contributed by atoms with van der Waals surface area (Å²) in [4.78, 5) is 0. The van der Waals surface area contributed by atoms with Crippen molar-refractivity contribution in [3.63, 3.8) is 0 Å². The van der Waals surface area contributed by atoms with Gasteiger partial charge in [-0.05, 0) is 12.8 Å². The van der Waals surface area contributed by atoms with Gasteiger partial charge in [0.1, 0.15) is 0 Å². The molecule has 1 aromatic heterocycles. The topological polar surface area (TPSA) is 53.1 Å². The molecule has 1 saturated carbocycles. The van der Waals surface area contributed by atoms with Gasteiger partial charge in [-0.25, -0.2) is 4.68 Å². The standard InChI is InChI=1S/C10H17N3O/c1-14-10-8(6-11)7-12-13(10)9-4-2-3-5-9/h7,9H,2-6,11H2,1H3. The van der Waals surface area contributed by atoms with Crippen LogP contribution in [0.2, 0.25) is 0 Å². The zero-order valence-electron chi connectivity index (χ0n) is 8.57. The van der Waals surface area contributed by atoms with Crippen molar-refractivity contribution in [3.05, 3.63) is 11.8 Å². The first-order valence-electron chi connectivity index (χ1n) is 5.17. The Bertz CT molecular complexity index is 302. The van der Waals surface area contributed by atoms with Crippen LogP contribution < -0.4 is 10.5 Å². The highest BCUT2D eigenvalue weighted by molar-refractivity contribution is 5.24. The highest BCUT2D eigenvalue weighted by Crippen LogP contribution is 2.33. The largest absolute Gasteiger partial charge is 0.481 e. The zero-order chi connectivity index (χ0) is 9.97. The molecule has 0 saturated heterocycles. The minimum absolute atomic E-state index is 0.496. The van der Waals surface area contributed by atoms with Crippen molar-refractivity contribution in [1.82, 2.24) is 9.78 Å². The molecular weight excluding hydrogens is 178 g/mol. The molecule has 78 valence electrons. The summed E-state index contributed by atoms with van der Waals surface area (Å²) in [6.45, 7) is 0.496. The molecule has 4 nitrogen and oxygen atoms in total. The number of nitrogens with zero attached hydrogens (tertiary/aromatic N) is 2. The van der Waals surface area contributed by atoms with Crippen LogP contribution in [0.3, 0.4) is 0 Å². The number of hydrogen-bond acceptors (Lipinski definition) is 3. The van der Waals surface area contributed by atoms with E-state index in [2.05, 4.69) is 5.10 Å². The average Bonchev–Trinajstić information content (AvgIpc) is 2.85. The van der Waals surface area contributed by atoms with Crippen LogP contribution in [0.5, 0.6) is 5.88 Å². The number of ether oxygens (including phenoxy) is 1. The van der Waals surface area contributed by atoms with Crippen LogP contribution in [-0.4, -0.2) is 16.9 Å². The summed E-state index contributed by atoms with van der Waals surface area (Å²) in [6, 6.07) is 0.519. The normalized spacial score (nSPS) is 17.6. The van der Waals surface area contributed by atoms with Crippen molar-refractivity contribution >= 4 is 0 Å². The Morgan fingerprint density at radius 3 is 2.86 bits per heavy atom. The van der Waals surface area contributed by atoms with E-state index in [4.69, 9.17) is 10.5 Å². The molecule has 1 aliphatic carbocycles. The third-order valence-electron chi connectivity index (χ3n) is 2.90. The van der Waals surface area contributed by atoms with Gasteiger partial charge in [-0.15, -0.1) is 0 Å². The lowest BCUT2D eigenvalue weighted by molar-refractivity contribution is 0.328. The summed E-state index contributed by atoms with van der Waals surface area (Å²) in [5.74, 6) is 0.847. The molecule has 0 atom stereocenters. The summed E-state index contributed by atoms with van der Waals surface area (Å²) in [6.07, 6.45) is 6.83. The first-order valence-corrected chi connectivity index (χ1v) is 5.17. The average molecular weight is 195 g/mol. The summed E-state index contributed by atoms with van der Waals surface area (Å²) >= 11 is 0. The maximum atomic E-state index is 5.60. The molecule has 14 heavy (non-hydrogen) atoms. The van der Waals surface area contributed by atoms with Crippen LogP contribution in [0.4, 0.5) is 0 Å². The van der Waals surface area contributed by atoms with E-state index in [9.17, 15) is 0 Å². The first kappa shape index (κ1) is 9.52. The maximum absolute atomic E-state index is 5.60. The van der Waals surface area contributed by atoms with Crippen LogP contribution in [0.25, 0.3) is 0 Å². The zero-order valence-corrected chi connectivity index (χ0v) is 8.57. The smallest absolute Gasteiger partial charge is 0.216 e. The van der Waals surface area contributed by atoms with Crippen molar-refractivity contribution in [2.45, 2.75) is 38.3 Å². The SMILES string of the molecule is COc1c(CN)cnn1C1CCCC1. The van der Waals surface area contributed by atoms with Crippen molar-refractivity contribution < 1.29 is 4.74 Å². The molecule has 0 aliphatic heterocycles. The van der Waals surface area contributed by atoms with E-state index in [-0.39, 0.29) is 0 Å². The Hall–Kier alpha value is -1.03. The monoisotopic (exact) mass is 195 g/mol. The molecule has 0 amide bonds. The van der Waals surface area contributed by atoms with Crippen molar-refractivity contribution in [2.75, 3.05) is 7.11 Å². The lowest BCUT2D eigenvalue weighted by atomic mass is 10.2. The molecule has 0 aromatic carbocycles. The van der Waals surface area contributed by atoms with Gasteiger partial charge >= 0.3 is 0 Å². The van der Waals surface area contributed by atoms with Gasteiger partial charge in [0.05, 0.1) is 19.3 Å². The molecule has 1 fully saturated rings. The Morgan fingerprint density at radius 1 is 1.57 bits per heavy atom. The Labute approximate surface area is 84.0 Å². The number of aromatic nitrogens is 2. The second-order valence-electron chi connectivity index (χ2n) is 3.77. The molecule has 0 bridgehead atoms. The number of hydrogen-bond donors (Lipinski definition) is 1. The van der Waals surface area contributed by atoms with Crippen molar-refractivity contribution in [2.24, 2.45) is 5.73 Å². The third-order valence-corrected chi connectivity index (χ3v) is 2.90. The second-order valence-corrected chi connectivity index (χ2v) is 3.77. The van der Waals surface area contributed by atoms with Crippen LogP contribution in [0.15, 0.2) is 6.20 Å². The fraction of sp³-hybridized carbons (Fsp3) is 0.700. The number of rotatable bonds is 3. The molecule has 0 radical (unpaired) electrons. The fourth-order valence-corrected chi connectivity index (χ4v) is 2.16. The third kappa shape index (κ3) is 1.50. The van der Waals surface area contributed by atoms with Gasteiger partial charge < -0.3 is 10.5 Å². The van der Waals surface area contributed by atoms with E-state index < -0.39 is 0 Å². The van der Waals surface area contributed by atoms with Gasteiger partial charge in [-0.2, -0.15) is 5.10 Å². The molecule has 0 unspecified atom stereocenters. The summed E-state index contributed by atoms with van der Waals surface area (Å²) in [5.41, 5.74) is 6.60. The number of nitrogens with two attached hydrogens (primary N) is 1. The minimum atomic E-state index is 0.496. The van der Waals surface area contributed by atoms with Gasteiger partial charge in [-0.3, -0.25) is 0 Å². The number of methoxy groups -OCH3 is 1. The second kappa shape index (κ2) is 4.00. The summed E-state index contributed by atoms with van der Waals surface area (Å²) < 4.78 is 7.34. The molecule has 4 heteroatoms. The molecule has 2 N–H and O–H groups in total. The van der Waals surface area contributed by atoms with Gasteiger partial charge in [0.25, 0.3) is 0 Å². The highest BCUT2D eigenvalue weighted by Gasteiger charge is 2.22. The molecule has 2 rings (SSSR count). The molecule has 1 aliphatic rings. The Balaban J connectivity index is 2.27. The van der Waals surface area contributed by atoms with Crippen molar-refractivity contribution in [1.29, 1.82) is 0 Å². The van der Waals surface area contributed by atoms with Gasteiger partial charge in [0.2, 0.25) is 5.88 Å². The van der Waals surface area contributed by atoms with Crippen LogP contribution in [0.1, 0.15) is 37.3 Å². The minimum Gasteiger partial charge on any atom is -0.481 e. The Morgan fingerprint density at radius 2 is 2.29 bits per heavy atom. The van der Waals surface area contributed by atoms with E-state index in [1.165, 1.54) is 25.7 Å². The molecule has 1 aromatic rings. The van der Waals surface area contributed by atoms with E-state index in [0.717, 1.165) is 11.4 Å². The van der Waals surface area contributed by atoms with Gasteiger partial charge in [0.15, 0.2) is 0 Å². The van der Waals surface area contributed by atoms with Crippen LogP contribution >= 0.6 is 0 Å². The van der Waals surface area contributed by atoms with E-state index in [1.54, 1.807) is 7.11 Å². The molecular formula is C10H17N3O. The highest BCUT2D eigenvalue weighted by atomic mass is 16.5. The molecule has 1 heterocycles. The molecule has 0 spiro atoms. The first-order chi connectivity index (χ1) is 6.86. The maximum Gasteiger partial charge on any atom is 0.216 e. The quantitative estimate of drug-likeness (QED) is 0.794. The predicted octanol–water partition coefficient (Wildman–Crippen LogP) is 1.47. The van der Waals surface area contributed by atoms with E-state index >= 15 is 0 Å². The van der Waals surface area contributed by atoms with Gasteiger partial charge in [-0.1, -0.05) is 12.8 Å². The fourth-order valence-electron chi connectivity index (χ4n) is 2.16. The van der Waals surface area contributed by atoms with E-state index in [0.29, 0.717) is 12.6 Å². The lowest BCUT2D eigenvalue weighted by Crippen LogP contribution is -2.09. The summed E-state index contributed by atoms with van der Waals surface area (Å²) in [5, 5.41) is 4.35. The lowest BCUT2D eigenvalue weighted by Gasteiger charge is -2.13. The van der Waals surface area contributed by atoms with Crippen LogP contribution in [-0.2, 0) is 6.54 Å². The van der Waals surface area contributed by atoms with Crippen LogP contribution in [0, 0.1) is 0 Å². The van der Waals surface area contributed by atoms with Crippen molar-refractivity contribution in [3.8, 4) is 5.88 Å². The van der Waals surface area contributed by atoms with Gasteiger partial charge in [0, 0.05) is 12.1 Å². The predicted molar refractivity (Wildman–Crippen MR) is 54.2 cm³/mol. The van der Waals surface area contributed by atoms with E-state index in [1.807, 2.05) is 10.9 Å².